The van der Waals surface area contributed by atoms with Gasteiger partial charge in [0.15, 0.2) is 17.5 Å². The van der Waals surface area contributed by atoms with Crippen LogP contribution in [0.25, 0.3) is 11.1 Å². The van der Waals surface area contributed by atoms with Crippen molar-refractivity contribution in [2.45, 2.75) is 6.04 Å². The molecule has 31 heavy (non-hydrogen) atoms. The van der Waals surface area contributed by atoms with Crippen LogP contribution in [0, 0.1) is 17.5 Å². The van der Waals surface area contributed by atoms with Gasteiger partial charge in [0, 0.05) is 5.56 Å². The molecule has 1 unspecified atom stereocenters. The molecule has 2 amide bonds. The quantitative estimate of drug-likeness (QED) is 0.316. The molecule has 0 aliphatic rings. The fourth-order valence-corrected chi connectivity index (χ4v) is 2.91. The summed E-state index contributed by atoms with van der Waals surface area (Å²) in [5.74, 6) is -5.16. The highest BCUT2D eigenvalue weighted by atomic mass is 19.2. The highest BCUT2D eigenvalue weighted by molar-refractivity contribution is 5.97. The number of hydroxylamine groups is 1. The van der Waals surface area contributed by atoms with E-state index in [-0.39, 0.29) is 11.1 Å². The van der Waals surface area contributed by atoms with Crippen LogP contribution in [0.4, 0.5) is 13.2 Å². The molecule has 0 aromatic heterocycles. The Kier molecular flexibility index (Phi) is 6.56. The van der Waals surface area contributed by atoms with Gasteiger partial charge in [-0.1, -0.05) is 24.3 Å². The van der Waals surface area contributed by atoms with Crippen molar-refractivity contribution in [3.63, 3.8) is 0 Å². The molecule has 0 radical (unpaired) electrons. The zero-order valence-corrected chi connectivity index (χ0v) is 16.2. The third-order valence-corrected chi connectivity index (χ3v) is 4.56. The van der Waals surface area contributed by atoms with Crippen molar-refractivity contribution in [3.05, 3.63) is 89.2 Å². The number of hydrogen-bond acceptors (Lipinski definition) is 4. The Labute approximate surface area is 175 Å². The van der Waals surface area contributed by atoms with Crippen molar-refractivity contribution in [2.75, 3.05) is 7.11 Å². The minimum atomic E-state index is -1.57. The molecule has 0 bridgehead atoms. The maximum absolute atomic E-state index is 13.5. The first-order chi connectivity index (χ1) is 14.8. The highest BCUT2D eigenvalue weighted by Crippen LogP contribution is 2.26. The van der Waals surface area contributed by atoms with Gasteiger partial charge in [0.2, 0.25) is 0 Å². The summed E-state index contributed by atoms with van der Waals surface area (Å²) in [5.41, 5.74) is 2.48. The summed E-state index contributed by atoms with van der Waals surface area (Å²) in [6.45, 7) is 0. The van der Waals surface area contributed by atoms with Crippen LogP contribution < -0.4 is 15.5 Å². The van der Waals surface area contributed by atoms with E-state index in [1.807, 2.05) is 0 Å². The van der Waals surface area contributed by atoms with E-state index < -0.39 is 35.3 Å². The summed E-state index contributed by atoms with van der Waals surface area (Å²) in [6.07, 6.45) is 0. The van der Waals surface area contributed by atoms with Crippen LogP contribution in [0.2, 0.25) is 0 Å². The predicted octanol–water partition coefficient (Wildman–Crippen LogP) is 3.76. The van der Waals surface area contributed by atoms with Crippen LogP contribution >= 0.6 is 0 Å². The lowest BCUT2D eigenvalue weighted by atomic mass is 9.99. The van der Waals surface area contributed by atoms with E-state index in [1.165, 1.54) is 49.0 Å². The number of nitrogens with one attached hydrogen (secondary N) is 2. The monoisotopic (exact) mass is 430 g/mol. The highest BCUT2D eigenvalue weighted by Gasteiger charge is 2.23. The van der Waals surface area contributed by atoms with Gasteiger partial charge in [-0.25, -0.2) is 18.7 Å². The van der Waals surface area contributed by atoms with Gasteiger partial charge >= 0.3 is 0 Å². The summed E-state index contributed by atoms with van der Waals surface area (Å²) in [6, 6.07) is 12.3. The Morgan fingerprint density at radius 2 is 1.48 bits per heavy atom. The maximum Gasteiger partial charge on any atom is 0.270 e. The maximum atomic E-state index is 13.5. The van der Waals surface area contributed by atoms with Crippen LogP contribution in [0.15, 0.2) is 60.7 Å². The molecule has 0 aliphatic carbocycles. The molecule has 1 atom stereocenters. The first kappa shape index (κ1) is 21.8. The number of methoxy groups -OCH3 is 1. The second-order valence-corrected chi connectivity index (χ2v) is 6.49. The van der Waals surface area contributed by atoms with Crippen LogP contribution in [-0.4, -0.2) is 24.1 Å². The normalized spacial score (nSPS) is 11.5. The van der Waals surface area contributed by atoms with Crippen LogP contribution in [-0.2, 0) is 4.79 Å². The Morgan fingerprint density at radius 3 is 2.00 bits per heavy atom. The van der Waals surface area contributed by atoms with E-state index in [9.17, 15) is 22.8 Å². The molecule has 0 saturated carbocycles. The Bertz CT molecular complexity index is 1080. The smallest absolute Gasteiger partial charge is 0.270 e. The van der Waals surface area contributed by atoms with Gasteiger partial charge in [-0.3, -0.25) is 14.8 Å². The zero-order valence-electron chi connectivity index (χ0n) is 16.2. The number of benzene rings is 3. The summed E-state index contributed by atoms with van der Waals surface area (Å²) in [4.78, 5) is 24.6. The van der Waals surface area contributed by atoms with Gasteiger partial charge in [0.1, 0.15) is 11.8 Å². The zero-order chi connectivity index (χ0) is 22.5. The Hall–Kier alpha value is -3.85. The van der Waals surface area contributed by atoms with Crippen LogP contribution in [0.1, 0.15) is 22.0 Å². The predicted molar refractivity (Wildman–Crippen MR) is 105 cm³/mol. The average molecular weight is 430 g/mol. The largest absolute Gasteiger partial charge is 0.497 e. The van der Waals surface area contributed by atoms with Gasteiger partial charge in [-0.05, 0) is 53.1 Å². The lowest BCUT2D eigenvalue weighted by Crippen LogP contribution is -2.39. The minimum Gasteiger partial charge on any atom is -0.497 e. The summed E-state index contributed by atoms with van der Waals surface area (Å²) < 4.78 is 45.2. The number of carbonyl (C=O) groups is 2. The molecule has 0 aliphatic heterocycles. The molecule has 6 nitrogen and oxygen atoms in total. The first-order valence-electron chi connectivity index (χ1n) is 8.97. The van der Waals surface area contributed by atoms with Gasteiger partial charge in [0.05, 0.1) is 7.11 Å². The molecule has 3 aromatic carbocycles. The molecule has 0 spiro atoms. The van der Waals surface area contributed by atoms with Crippen molar-refractivity contribution >= 4 is 11.8 Å². The van der Waals surface area contributed by atoms with Crippen molar-refractivity contribution in [3.8, 4) is 16.9 Å². The molecule has 9 heteroatoms. The van der Waals surface area contributed by atoms with Gasteiger partial charge < -0.3 is 10.1 Å². The van der Waals surface area contributed by atoms with E-state index in [4.69, 9.17) is 9.94 Å². The van der Waals surface area contributed by atoms with Crippen molar-refractivity contribution in [1.29, 1.82) is 0 Å². The standard InChI is InChI=1S/C22H17F3N2O4/c1-31-16-8-6-14(7-9-16)21(28)26-20(22(29)27-30)13-4-2-12(3-5-13)15-10-17(23)19(25)18(24)11-15/h2-11,20,30H,1H3,(H,26,28)(H,27,29). The summed E-state index contributed by atoms with van der Waals surface area (Å²) in [7, 11) is 1.48. The Balaban J connectivity index is 1.85. The van der Waals surface area contributed by atoms with Crippen LogP contribution in [0.3, 0.4) is 0 Å². The minimum absolute atomic E-state index is 0.0911. The molecule has 3 rings (SSSR count). The number of rotatable bonds is 6. The second-order valence-electron chi connectivity index (χ2n) is 6.49. The number of amides is 2. The number of carbonyl (C=O) groups excluding carboxylic acids is 2. The molecule has 0 fully saturated rings. The topological polar surface area (TPSA) is 87.7 Å². The van der Waals surface area contributed by atoms with Crippen LogP contribution in [0.5, 0.6) is 5.75 Å². The SMILES string of the molecule is COc1ccc(C(=O)NC(C(=O)NO)c2ccc(-c3cc(F)c(F)c(F)c3)cc2)cc1. The second kappa shape index (κ2) is 9.31. The molecule has 3 N–H and O–H groups in total. The molecule has 3 aromatic rings. The van der Waals surface area contributed by atoms with Crippen molar-refractivity contribution < 1.29 is 32.7 Å². The average Bonchev–Trinajstić information content (AvgIpc) is 2.80. The third kappa shape index (κ3) is 4.84. The number of hydrogen-bond donors (Lipinski definition) is 3. The van der Waals surface area contributed by atoms with Gasteiger partial charge in [-0.2, -0.15) is 0 Å². The summed E-state index contributed by atoms with van der Waals surface area (Å²) in [5, 5.41) is 11.6. The van der Waals surface area contributed by atoms with E-state index >= 15 is 0 Å². The van der Waals surface area contributed by atoms with E-state index in [0.717, 1.165) is 12.1 Å². The van der Waals surface area contributed by atoms with Crippen molar-refractivity contribution in [2.24, 2.45) is 0 Å². The molecule has 160 valence electrons. The summed E-state index contributed by atoms with van der Waals surface area (Å²) >= 11 is 0. The molecular weight excluding hydrogens is 413 g/mol. The fraction of sp³-hybridized carbons (Fsp3) is 0.0909. The van der Waals surface area contributed by atoms with Gasteiger partial charge in [0.25, 0.3) is 11.8 Å². The molecular formula is C22H17F3N2O4. The lowest BCUT2D eigenvalue weighted by Gasteiger charge is -2.18. The van der Waals surface area contributed by atoms with E-state index in [0.29, 0.717) is 16.9 Å². The van der Waals surface area contributed by atoms with E-state index in [1.54, 1.807) is 12.1 Å². The Morgan fingerprint density at radius 1 is 0.903 bits per heavy atom. The molecule has 0 saturated heterocycles. The van der Waals surface area contributed by atoms with Gasteiger partial charge in [-0.15, -0.1) is 0 Å². The van der Waals surface area contributed by atoms with Crippen molar-refractivity contribution in [1.82, 2.24) is 10.8 Å². The number of halogens is 3. The van der Waals surface area contributed by atoms with E-state index in [2.05, 4.69) is 5.32 Å². The molecule has 0 heterocycles. The lowest BCUT2D eigenvalue weighted by molar-refractivity contribution is -0.131. The fourth-order valence-electron chi connectivity index (χ4n) is 2.91. The third-order valence-electron chi connectivity index (χ3n) is 4.56. The number of ether oxygens (including phenoxy) is 1. The first-order valence-corrected chi connectivity index (χ1v) is 8.97.